The molecule has 2 aromatic carbocycles. The van der Waals surface area contributed by atoms with Gasteiger partial charge in [-0.2, -0.15) is 0 Å². The van der Waals surface area contributed by atoms with Crippen LogP contribution in [0.1, 0.15) is 79.2 Å². The van der Waals surface area contributed by atoms with Crippen molar-refractivity contribution in [2.45, 2.75) is 64.0 Å². The molecule has 32 heavy (non-hydrogen) atoms. The van der Waals surface area contributed by atoms with Crippen molar-refractivity contribution in [1.29, 1.82) is 0 Å². The number of fused-ring (bicyclic) bond motifs is 1. The van der Waals surface area contributed by atoms with Gasteiger partial charge in [-0.25, -0.2) is 4.39 Å². The van der Waals surface area contributed by atoms with Crippen LogP contribution in [0.15, 0.2) is 66.8 Å². The summed E-state index contributed by atoms with van der Waals surface area (Å²) in [7, 11) is 1.70. The first kappa shape index (κ1) is 22.7. The van der Waals surface area contributed by atoms with Crippen LogP contribution >= 0.6 is 0 Å². The third-order valence-electron chi connectivity index (χ3n) is 7.15. The minimum absolute atomic E-state index is 0.0969. The number of halogens is 1. The van der Waals surface area contributed by atoms with E-state index in [1.807, 2.05) is 0 Å². The predicted molar refractivity (Wildman–Crippen MR) is 134 cm³/mol. The van der Waals surface area contributed by atoms with E-state index in [2.05, 4.69) is 75.0 Å². The first-order valence-electron chi connectivity index (χ1n) is 11.9. The van der Waals surface area contributed by atoms with Crippen LogP contribution < -0.4 is 0 Å². The third kappa shape index (κ3) is 4.81. The minimum Gasteiger partial charge on any atom is -0.381 e. The standard InChI is InChI=1S/C30H35FO/c1-21-9-8-10-25(17-21)28-19-26(20-30(31)14-6-5-7-15-30)29-18-24(11-12-27(28)29)23(3)22(2)13-16-32-4/h8-13,17-19,26H,3,5-7,14-16,20H2,1-2,4H3. The number of methoxy groups -OCH3 is 1. The molecular formula is C30H35FO. The maximum Gasteiger partial charge on any atom is 0.112 e. The zero-order chi connectivity index (χ0) is 22.7. The lowest BCUT2D eigenvalue weighted by Gasteiger charge is -2.31. The number of allylic oxidation sites excluding steroid dienone is 3. The normalized spacial score (nSPS) is 20.1. The molecule has 0 N–H and O–H groups in total. The van der Waals surface area contributed by atoms with Gasteiger partial charge in [-0.3, -0.25) is 0 Å². The van der Waals surface area contributed by atoms with Gasteiger partial charge in [-0.15, -0.1) is 0 Å². The van der Waals surface area contributed by atoms with Crippen LogP contribution in [0, 0.1) is 6.92 Å². The summed E-state index contributed by atoms with van der Waals surface area (Å²) in [6, 6.07) is 15.2. The maximum absolute atomic E-state index is 15.8. The highest BCUT2D eigenvalue weighted by Gasteiger charge is 2.37. The Morgan fingerprint density at radius 1 is 1.16 bits per heavy atom. The van der Waals surface area contributed by atoms with Gasteiger partial charge in [0, 0.05) is 13.0 Å². The number of alkyl halides is 1. The smallest absolute Gasteiger partial charge is 0.112 e. The lowest BCUT2D eigenvalue weighted by molar-refractivity contribution is 0.0923. The van der Waals surface area contributed by atoms with Crippen LogP contribution in [0.2, 0.25) is 0 Å². The SMILES string of the molecule is C=C(C(C)=CCOC)c1ccc2c(c1)C(CC1(F)CCCCC1)C=C2c1cccc(C)c1. The van der Waals surface area contributed by atoms with E-state index in [1.54, 1.807) is 7.11 Å². The van der Waals surface area contributed by atoms with Crippen molar-refractivity contribution >= 4 is 11.1 Å². The molecule has 2 aliphatic rings. The molecule has 0 spiro atoms. The zero-order valence-electron chi connectivity index (χ0n) is 19.7. The minimum atomic E-state index is -1.06. The fourth-order valence-corrected chi connectivity index (χ4v) is 5.26. The van der Waals surface area contributed by atoms with E-state index in [4.69, 9.17) is 4.74 Å². The maximum atomic E-state index is 15.8. The van der Waals surface area contributed by atoms with E-state index in [1.165, 1.54) is 27.8 Å². The molecule has 0 amide bonds. The van der Waals surface area contributed by atoms with Gasteiger partial charge in [0.1, 0.15) is 5.67 Å². The topological polar surface area (TPSA) is 9.23 Å². The molecule has 0 aromatic heterocycles. The summed E-state index contributed by atoms with van der Waals surface area (Å²) in [4.78, 5) is 0. The van der Waals surface area contributed by atoms with Gasteiger partial charge in [0.05, 0.1) is 6.61 Å². The molecule has 0 saturated heterocycles. The Morgan fingerprint density at radius 3 is 2.66 bits per heavy atom. The van der Waals surface area contributed by atoms with Crippen molar-refractivity contribution in [3.8, 4) is 0 Å². The molecule has 1 nitrogen and oxygen atoms in total. The Labute approximate surface area is 192 Å². The molecule has 0 aliphatic heterocycles. The average Bonchev–Trinajstić information content (AvgIpc) is 3.14. The van der Waals surface area contributed by atoms with E-state index >= 15 is 4.39 Å². The first-order chi connectivity index (χ1) is 15.4. The molecule has 168 valence electrons. The van der Waals surface area contributed by atoms with E-state index in [-0.39, 0.29) is 5.92 Å². The largest absolute Gasteiger partial charge is 0.381 e. The second kappa shape index (κ2) is 9.58. The molecule has 0 radical (unpaired) electrons. The highest BCUT2D eigenvalue weighted by atomic mass is 19.1. The molecule has 1 fully saturated rings. The number of hydrogen-bond donors (Lipinski definition) is 0. The monoisotopic (exact) mass is 430 g/mol. The summed E-state index contributed by atoms with van der Waals surface area (Å²) in [6.45, 7) is 9.10. The van der Waals surface area contributed by atoms with Crippen molar-refractivity contribution < 1.29 is 9.13 Å². The molecule has 1 saturated carbocycles. The van der Waals surface area contributed by atoms with E-state index < -0.39 is 5.67 Å². The Kier molecular flexibility index (Phi) is 6.81. The Bertz CT molecular complexity index is 1050. The molecule has 2 aliphatic carbocycles. The summed E-state index contributed by atoms with van der Waals surface area (Å²) >= 11 is 0. The summed E-state index contributed by atoms with van der Waals surface area (Å²) in [5.41, 5.74) is 8.32. The lowest BCUT2D eigenvalue weighted by Crippen LogP contribution is -2.27. The Hall–Kier alpha value is -2.45. The molecule has 2 heteroatoms. The Balaban J connectivity index is 1.72. The van der Waals surface area contributed by atoms with Gasteiger partial charge >= 0.3 is 0 Å². The van der Waals surface area contributed by atoms with E-state index in [0.717, 1.165) is 36.0 Å². The number of rotatable bonds is 7. The fraction of sp³-hybridized carbons (Fsp3) is 0.400. The summed E-state index contributed by atoms with van der Waals surface area (Å²) in [5.74, 6) is 0.0969. The van der Waals surface area contributed by atoms with Gasteiger partial charge in [-0.05, 0) is 78.1 Å². The van der Waals surface area contributed by atoms with Gasteiger partial charge in [-0.1, -0.05) is 80.0 Å². The van der Waals surface area contributed by atoms with Crippen molar-refractivity contribution in [2.75, 3.05) is 13.7 Å². The molecule has 1 atom stereocenters. The van der Waals surface area contributed by atoms with Crippen LogP contribution in [0.5, 0.6) is 0 Å². The summed E-state index contributed by atoms with van der Waals surface area (Å²) in [6.07, 6.45) is 9.50. The van der Waals surface area contributed by atoms with Gasteiger partial charge in [0.25, 0.3) is 0 Å². The van der Waals surface area contributed by atoms with Gasteiger partial charge in [0.15, 0.2) is 0 Å². The van der Waals surface area contributed by atoms with E-state index in [9.17, 15) is 0 Å². The van der Waals surface area contributed by atoms with Crippen molar-refractivity contribution in [2.24, 2.45) is 0 Å². The first-order valence-corrected chi connectivity index (χ1v) is 11.9. The fourth-order valence-electron chi connectivity index (χ4n) is 5.26. The highest BCUT2D eigenvalue weighted by Crippen LogP contribution is 2.47. The number of ether oxygens (including phenoxy) is 1. The zero-order valence-corrected chi connectivity index (χ0v) is 19.7. The van der Waals surface area contributed by atoms with Gasteiger partial charge < -0.3 is 4.74 Å². The van der Waals surface area contributed by atoms with Crippen molar-refractivity contribution in [1.82, 2.24) is 0 Å². The predicted octanol–water partition coefficient (Wildman–Crippen LogP) is 8.19. The highest BCUT2D eigenvalue weighted by molar-refractivity contribution is 5.88. The molecule has 4 rings (SSSR count). The van der Waals surface area contributed by atoms with Gasteiger partial charge in [0.2, 0.25) is 0 Å². The van der Waals surface area contributed by atoms with Crippen molar-refractivity contribution in [3.63, 3.8) is 0 Å². The second-order valence-corrected chi connectivity index (χ2v) is 9.60. The van der Waals surface area contributed by atoms with Crippen molar-refractivity contribution in [3.05, 3.63) is 94.6 Å². The van der Waals surface area contributed by atoms with Crippen LogP contribution in [0.4, 0.5) is 4.39 Å². The summed E-state index contributed by atoms with van der Waals surface area (Å²) < 4.78 is 21.0. The third-order valence-corrected chi connectivity index (χ3v) is 7.15. The molecular weight excluding hydrogens is 395 g/mol. The number of aryl methyl sites for hydroxylation is 1. The van der Waals surface area contributed by atoms with Crippen LogP contribution in [-0.4, -0.2) is 19.4 Å². The lowest BCUT2D eigenvalue weighted by atomic mass is 9.78. The van der Waals surface area contributed by atoms with E-state index in [0.29, 0.717) is 25.9 Å². The molecule has 0 heterocycles. The summed E-state index contributed by atoms with van der Waals surface area (Å²) in [5, 5.41) is 0. The second-order valence-electron chi connectivity index (χ2n) is 9.60. The van der Waals surface area contributed by atoms with Crippen LogP contribution in [0.3, 0.4) is 0 Å². The number of benzene rings is 2. The molecule has 1 unspecified atom stereocenters. The van der Waals surface area contributed by atoms with Crippen LogP contribution in [-0.2, 0) is 4.74 Å². The molecule has 0 bridgehead atoms. The Morgan fingerprint density at radius 2 is 1.94 bits per heavy atom. The average molecular weight is 431 g/mol. The molecule has 2 aromatic rings. The quantitative estimate of drug-likeness (QED) is 0.402. The van der Waals surface area contributed by atoms with Crippen LogP contribution in [0.25, 0.3) is 11.1 Å². The number of hydrogen-bond acceptors (Lipinski definition) is 1.